The lowest BCUT2D eigenvalue weighted by atomic mass is 10.1. The molecule has 5 heteroatoms. The fraction of sp³-hybridized carbons (Fsp3) is 0.833. The van der Waals surface area contributed by atoms with Crippen molar-refractivity contribution in [3.8, 4) is 0 Å². The number of alkyl carbamates (subject to hydrolysis) is 1. The van der Waals surface area contributed by atoms with Crippen LogP contribution >= 0.6 is 0 Å². The minimum Gasteiger partial charge on any atom is -0.479 e. The maximum absolute atomic E-state index is 11.7. The molecule has 17 heavy (non-hydrogen) atoms. The van der Waals surface area contributed by atoms with E-state index in [1.165, 1.54) is 0 Å². The van der Waals surface area contributed by atoms with Gasteiger partial charge in [-0.15, -0.1) is 0 Å². The Labute approximate surface area is 102 Å². The highest BCUT2D eigenvalue weighted by atomic mass is 16.6. The number of ether oxygens (including phenoxy) is 1. The highest BCUT2D eigenvalue weighted by molar-refractivity contribution is 5.90. The number of carbonyl (C=O) groups excluding carboxylic acids is 1. The summed E-state index contributed by atoms with van der Waals surface area (Å²) in [6.07, 6.45) is -0.683. The van der Waals surface area contributed by atoms with Crippen molar-refractivity contribution in [2.24, 2.45) is 11.3 Å². The number of rotatable bonds is 2. The minimum absolute atomic E-state index is 0.125. The Balaban J connectivity index is 2.80. The van der Waals surface area contributed by atoms with Crippen LogP contribution in [-0.4, -0.2) is 28.3 Å². The second kappa shape index (κ2) is 3.62. The van der Waals surface area contributed by atoms with Gasteiger partial charge in [0.25, 0.3) is 0 Å². The van der Waals surface area contributed by atoms with Gasteiger partial charge >= 0.3 is 12.1 Å². The number of carbonyl (C=O) groups is 2. The fourth-order valence-electron chi connectivity index (χ4n) is 2.27. The van der Waals surface area contributed by atoms with Crippen molar-refractivity contribution in [3.63, 3.8) is 0 Å². The maximum Gasteiger partial charge on any atom is 0.408 e. The third kappa shape index (κ3) is 2.10. The van der Waals surface area contributed by atoms with Gasteiger partial charge in [0.2, 0.25) is 0 Å². The summed E-state index contributed by atoms with van der Waals surface area (Å²) in [4.78, 5) is 23.0. The van der Waals surface area contributed by atoms with E-state index in [2.05, 4.69) is 5.32 Å². The zero-order valence-electron chi connectivity index (χ0n) is 11.2. The lowest BCUT2D eigenvalue weighted by Gasteiger charge is -2.23. The van der Waals surface area contributed by atoms with Crippen LogP contribution < -0.4 is 5.32 Å². The van der Waals surface area contributed by atoms with Gasteiger partial charge in [-0.25, -0.2) is 9.59 Å². The van der Waals surface area contributed by atoms with E-state index in [0.29, 0.717) is 0 Å². The molecule has 2 N–H and O–H groups in total. The summed E-state index contributed by atoms with van der Waals surface area (Å²) in [7, 11) is 0. The van der Waals surface area contributed by atoms with E-state index in [1.807, 2.05) is 20.8 Å². The molecule has 98 valence electrons. The first kappa shape index (κ1) is 13.8. The fourth-order valence-corrected chi connectivity index (χ4v) is 2.27. The average molecular weight is 243 g/mol. The van der Waals surface area contributed by atoms with Gasteiger partial charge in [-0.2, -0.15) is 0 Å². The molecule has 5 nitrogen and oxygen atoms in total. The molecule has 1 rings (SSSR count). The SMILES string of the molecule is CC1C(C)(C)C1(NC(=O)OC(C)(C)C)C(=O)O. The topological polar surface area (TPSA) is 75.6 Å². The number of carboxylic acids is 1. The van der Waals surface area contributed by atoms with Crippen molar-refractivity contribution in [3.05, 3.63) is 0 Å². The van der Waals surface area contributed by atoms with Gasteiger partial charge in [0.1, 0.15) is 11.1 Å². The summed E-state index contributed by atoms with van der Waals surface area (Å²) >= 11 is 0. The Kier molecular flexibility index (Phi) is 2.94. The number of amides is 1. The molecule has 1 fully saturated rings. The molecule has 0 spiro atoms. The maximum atomic E-state index is 11.7. The van der Waals surface area contributed by atoms with Crippen LogP contribution in [0.25, 0.3) is 0 Å². The molecule has 0 aromatic carbocycles. The molecule has 0 radical (unpaired) electrons. The van der Waals surface area contributed by atoms with Crippen LogP contribution in [0.2, 0.25) is 0 Å². The molecule has 1 amide bonds. The number of hydrogen-bond donors (Lipinski definition) is 2. The van der Waals surface area contributed by atoms with E-state index < -0.39 is 28.6 Å². The van der Waals surface area contributed by atoms with E-state index in [1.54, 1.807) is 20.8 Å². The van der Waals surface area contributed by atoms with Gasteiger partial charge in [-0.05, 0) is 26.7 Å². The zero-order chi connectivity index (χ0) is 13.6. The van der Waals surface area contributed by atoms with Gasteiger partial charge in [0.05, 0.1) is 0 Å². The molecule has 0 heterocycles. The summed E-state index contributed by atoms with van der Waals surface area (Å²) < 4.78 is 5.09. The molecule has 0 aliphatic heterocycles. The molecular formula is C12H21NO4. The number of nitrogens with one attached hydrogen (secondary N) is 1. The van der Waals surface area contributed by atoms with Crippen LogP contribution in [0.4, 0.5) is 4.79 Å². The first-order chi connectivity index (χ1) is 7.45. The van der Waals surface area contributed by atoms with Crippen molar-refractivity contribution >= 4 is 12.1 Å². The van der Waals surface area contributed by atoms with Crippen LogP contribution in [0.3, 0.4) is 0 Å². The van der Waals surface area contributed by atoms with Crippen LogP contribution in [0, 0.1) is 11.3 Å². The number of carboxylic acid groups (broad SMARTS) is 1. The molecule has 1 saturated carbocycles. The number of aliphatic carboxylic acids is 1. The highest BCUT2D eigenvalue weighted by Crippen LogP contribution is 2.61. The van der Waals surface area contributed by atoms with E-state index >= 15 is 0 Å². The average Bonchev–Trinajstić information content (AvgIpc) is 2.47. The first-order valence-corrected chi connectivity index (χ1v) is 5.69. The summed E-state index contributed by atoms with van der Waals surface area (Å²) in [6, 6.07) is 0. The van der Waals surface area contributed by atoms with Crippen molar-refractivity contribution < 1.29 is 19.4 Å². The Morgan fingerprint density at radius 2 is 1.71 bits per heavy atom. The molecule has 0 aromatic heterocycles. The van der Waals surface area contributed by atoms with Crippen LogP contribution in [-0.2, 0) is 9.53 Å². The monoisotopic (exact) mass is 243 g/mol. The Morgan fingerprint density at radius 3 is 1.94 bits per heavy atom. The summed E-state index contributed by atoms with van der Waals surface area (Å²) in [5.74, 6) is -1.14. The second-order valence-electron chi connectivity index (χ2n) is 6.18. The van der Waals surface area contributed by atoms with E-state index in [-0.39, 0.29) is 5.92 Å². The normalized spacial score (nSPS) is 30.6. The van der Waals surface area contributed by atoms with E-state index in [0.717, 1.165) is 0 Å². The Bertz CT molecular complexity index is 356. The Hall–Kier alpha value is -1.26. The van der Waals surface area contributed by atoms with Gasteiger partial charge in [0, 0.05) is 5.41 Å². The van der Waals surface area contributed by atoms with Gasteiger partial charge in [0.15, 0.2) is 0 Å². The largest absolute Gasteiger partial charge is 0.479 e. The zero-order valence-corrected chi connectivity index (χ0v) is 11.2. The van der Waals surface area contributed by atoms with Crippen molar-refractivity contribution in [2.75, 3.05) is 0 Å². The highest BCUT2D eigenvalue weighted by Gasteiger charge is 2.75. The lowest BCUT2D eigenvalue weighted by molar-refractivity contribution is -0.142. The number of hydrogen-bond acceptors (Lipinski definition) is 3. The molecular weight excluding hydrogens is 222 g/mol. The smallest absolute Gasteiger partial charge is 0.408 e. The second-order valence-corrected chi connectivity index (χ2v) is 6.18. The van der Waals surface area contributed by atoms with Crippen molar-refractivity contribution in [1.82, 2.24) is 5.32 Å². The third-order valence-corrected chi connectivity index (χ3v) is 3.70. The minimum atomic E-state index is -1.21. The van der Waals surface area contributed by atoms with Crippen LogP contribution in [0.1, 0.15) is 41.5 Å². The van der Waals surface area contributed by atoms with Crippen molar-refractivity contribution in [1.29, 1.82) is 0 Å². The predicted octanol–water partition coefficient (Wildman–Crippen LogP) is 2.01. The third-order valence-electron chi connectivity index (χ3n) is 3.70. The molecule has 0 bridgehead atoms. The van der Waals surface area contributed by atoms with E-state index in [4.69, 9.17) is 4.74 Å². The predicted molar refractivity (Wildman–Crippen MR) is 62.7 cm³/mol. The molecule has 1 aliphatic rings. The molecule has 0 aromatic rings. The standard InChI is InChI=1S/C12H21NO4/c1-7-11(5,6)12(7,8(14)15)13-9(16)17-10(2,3)4/h7H,1-6H3,(H,13,16)(H,14,15). The van der Waals surface area contributed by atoms with E-state index in [9.17, 15) is 14.7 Å². The van der Waals surface area contributed by atoms with Gasteiger partial charge in [-0.3, -0.25) is 0 Å². The molecule has 1 aliphatic carbocycles. The molecule has 0 saturated heterocycles. The first-order valence-electron chi connectivity index (χ1n) is 5.69. The summed E-state index contributed by atoms with van der Waals surface area (Å²) in [5.41, 5.74) is -2.31. The van der Waals surface area contributed by atoms with Gasteiger partial charge < -0.3 is 15.2 Å². The summed E-state index contributed by atoms with van der Waals surface area (Å²) in [5, 5.41) is 11.8. The summed E-state index contributed by atoms with van der Waals surface area (Å²) in [6.45, 7) is 10.7. The molecule has 2 atom stereocenters. The van der Waals surface area contributed by atoms with Crippen LogP contribution in [0.15, 0.2) is 0 Å². The van der Waals surface area contributed by atoms with Gasteiger partial charge in [-0.1, -0.05) is 20.8 Å². The lowest BCUT2D eigenvalue weighted by Crippen LogP contribution is -2.49. The quantitative estimate of drug-likeness (QED) is 0.778. The van der Waals surface area contributed by atoms with Crippen LogP contribution in [0.5, 0.6) is 0 Å². The van der Waals surface area contributed by atoms with Crippen molar-refractivity contribution in [2.45, 2.75) is 52.7 Å². The molecule has 2 unspecified atom stereocenters. The Morgan fingerprint density at radius 1 is 1.29 bits per heavy atom.